The van der Waals surface area contributed by atoms with Crippen molar-refractivity contribution in [2.24, 2.45) is 5.73 Å². The van der Waals surface area contributed by atoms with E-state index in [4.69, 9.17) is 15.6 Å². The zero-order chi connectivity index (χ0) is 21.9. The molecular weight excluding hydrogens is 372 g/mol. The Hall–Kier alpha value is -1.96. The highest BCUT2D eigenvalue weighted by atomic mass is 16.5. The van der Waals surface area contributed by atoms with Gasteiger partial charge in [0.1, 0.15) is 0 Å². The van der Waals surface area contributed by atoms with E-state index in [-0.39, 0.29) is 37.8 Å². The van der Waals surface area contributed by atoms with Gasteiger partial charge in [-0.2, -0.15) is 0 Å². The molecule has 5 N–H and O–H groups in total. The molecule has 0 aliphatic heterocycles. The van der Waals surface area contributed by atoms with Gasteiger partial charge in [-0.05, 0) is 19.3 Å². The number of allylic oxidation sites excluding steroid dienone is 5. The summed E-state index contributed by atoms with van der Waals surface area (Å²) in [5, 5.41) is 21.2. The lowest BCUT2D eigenvalue weighted by atomic mass is 10.0. The first kappa shape index (κ1) is 27.0. The summed E-state index contributed by atoms with van der Waals surface area (Å²) in [6, 6.07) is -0.506. The number of unbranched alkanes of at least 4 members (excludes halogenated alkanes) is 3. The van der Waals surface area contributed by atoms with Gasteiger partial charge >= 0.3 is 5.97 Å². The number of ether oxygens (including phenoxy) is 1. The van der Waals surface area contributed by atoms with Gasteiger partial charge in [-0.3, -0.25) is 9.59 Å². The Balaban J connectivity index is 4.15. The molecule has 0 aromatic carbocycles. The minimum atomic E-state index is -0.971. The molecule has 7 nitrogen and oxygen atoms in total. The lowest BCUT2D eigenvalue weighted by Gasteiger charge is -2.19. The van der Waals surface area contributed by atoms with Crippen molar-refractivity contribution in [3.05, 3.63) is 36.5 Å². The quantitative estimate of drug-likeness (QED) is 0.216. The zero-order valence-corrected chi connectivity index (χ0v) is 17.8. The van der Waals surface area contributed by atoms with E-state index in [0.717, 1.165) is 6.42 Å². The van der Waals surface area contributed by atoms with Gasteiger partial charge < -0.3 is 26.0 Å². The molecule has 3 atom stereocenters. The molecule has 0 bridgehead atoms. The van der Waals surface area contributed by atoms with E-state index in [9.17, 15) is 14.7 Å². The zero-order valence-electron chi connectivity index (χ0n) is 17.8. The number of carboxylic acid groups (broad SMARTS) is 1. The van der Waals surface area contributed by atoms with Crippen LogP contribution < -0.4 is 11.1 Å². The maximum atomic E-state index is 11.7. The number of nitrogens with two attached hydrogens (primary N) is 1. The highest BCUT2D eigenvalue weighted by molar-refractivity contribution is 5.77. The molecule has 0 rings (SSSR count). The topological polar surface area (TPSA) is 122 Å². The first-order valence-corrected chi connectivity index (χ1v) is 10.3. The minimum absolute atomic E-state index is 0.0392. The molecule has 1 amide bonds. The summed E-state index contributed by atoms with van der Waals surface area (Å²) < 4.78 is 5.36. The summed E-state index contributed by atoms with van der Waals surface area (Å²) in [7, 11) is 1.58. The Labute approximate surface area is 174 Å². The number of carboxylic acids is 1. The standard InChI is InChI=1S/C22H38N2O5/c1-3-4-5-6-7-8-9-10-11-12-20(29-2)17-19(25)15-18(23)16-21(26)24-14-13-22(27)28/h7-12,18-20,25H,3-6,13-17,23H2,1-2H3,(H,24,26)(H,27,28)/b8-7+,10-9+,12-11+/t18-,19-,20-/m1/s1. The van der Waals surface area contributed by atoms with Gasteiger partial charge in [0.25, 0.3) is 0 Å². The van der Waals surface area contributed by atoms with E-state index in [1.807, 2.05) is 30.4 Å². The average Bonchev–Trinajstić information content (AvgIpc) is 2.65. The number of carbonyl (C=O) groups excluding carboxylic acids is 1. The van der Waals surface area contributed by atoms with Crippen molar-refractivity contribution < 1.29 is 24.5 Å². The molecule has 0 spiro atoms. The predicted molar refractivity (Wildman–Crippen MR) is 115 cm³/mol. The second-order valence-electron chi connectivity index (χ2n) is 7.05. The maximum Gasteiger partial charge on any atom is 0.305 e. The van der Waals surface area contributed by atoms with Crippen molar-refractivity contribution in [3.8, 4) is 0 Å². The largest absolute Gasteiger partial charge is 0.481 e. The molecule has 0 fully saturated rings. The smallest absolute Gasteiger partial charge is 0.305 e. The molecule has 0 saturated heterocycles. The molecule has 0 saturated carbocycles. The summed E-state index contributed by atoms with van der Waals surface area (Å²) in [5.74, 6) is -1.29. The first-order chi connectivity index (χ1) is 13.9. The van der Waals surface area contributed by atoms with E-state index in [0.29, 0.717) is 6.42 Å². The van der Waals surface area contributed by atoms with Crippen LogP contribution in [0.15, 0.2) is 36.5 Å². The highest BCUT2D eigenvalue weighted by Gasteiger charge is 2.17. The van der Waals surface area contributed by atoms with Gasteiger partial charge in [-0.15, -0.1) is 0 Å². The van der Waals surface area contributed by atoms with E-state index >= 15 is 0 Å². The lowest BCUT2D eigenvalue weighted by Crippen LogP contribution is -2.35. The van der Waals surface area contributed by atoms with Gasteiger partial charge in [0.05, 0.1) is 18.6 Å². The van der Waals surface area contributed by atoms with Crippen LogP contribution in [0.2, 0.25) is 0 Å². The summed E-state index contributed by atoms with van der Waals surface area (Å²) in [5.41, 5.74) is 5.91. The lowest BCUT2D eigenvalue weighted by molar-refractivity contribution is -0.136. The SMILES string of the molecule is CCCCC/C=C/C=C/C=C/[C@H](C[C@H](O)C[C@@H](N)CC(=O)NCCC(=O)O)OC. The number of rotatable bonds is 17. The van der Waals surface area contributed by atoms with Crippen LogP contribution >= 0.6 is 0 Å². The number of nitrogens with one attached hydrogen (secondary N) is 1. The second kappa shape index (κ2) is 18.1. The number of amides is 1. The number of aliphatic hydroxyl groups excluding tert-OH is 1. The van der Waals surface area contributed by atoms with Gasteiger partial charge in [-0.25, -0.2) is 0 Å². The third-order valence-corrected chi connectivity index (χ3v) is 4.26. The number of aliphatic carboxylic acids is 1. The monoisotopic (exact) mass is 410 g/mol. The summed E-state index contributed by atoms with van der Waals surface area (Å²) in [4.78, 5) is 22.1. The van der Waals surface area contributed by atoms with Crippen LogP contribution in [0, 0.1) is 0 Å². The molecule has 7 heteroatoms. The Morgan fingerprint density at radius 3 is 2.52 bits per heavy atom. The minimum Gasteiger partial charge on any atom is -0.481 e. The third kappa shape index (κ3) is 17.8. The normalized spacial score (nSPS) is 15.2. The van der Waals surface area contributed by atoms with Crippen molar-refractivity contribution in [2.75, 3.05) is 13.7 Å². The van der Waals surface area contributed by atoms with E-state index in [1.54, 1.807) is 7.11 Å². The van der Waals surface area contributed by atoms with Crippen LogP contribution in [-0.2, 0) is 14.3 Å². The fraction of sp³-hybridized carbons (Fsp3) is 0.636. The molecule has 0 aromatic heterocycles. The fourth-order valence-electron chi connectivity index (χ4n) is 2.67. The molecule has 0 unspecified atom stereocenters. The molecule has 0 aliphatic rings. The highest BCUT2D eigenvalue weighted by Crippen LogP contribution is 2.10. The Morgan fingerprint density at radius 2 is 1.86 bits per heavy atom. The van der Waals surface area contributed by atoms with E-state index in [2.05, 4.69) is 18.3 Å². The number of hydrogen-bond acceptors (Lipinski definition) is 5. The average molecular weight is 411 g/mol. The Bertz CT molecular complexity index is 531. The molecule has 0 radical (unpaired) electrons. The van der Waals surface area contributed by atoms with Crippen molar-refractivity contribution in [3.63, 3.8) is 0 Å². The van der Waals surface area contributed by atoms with Crippen molar-refractivity contribution in [1.29, 1.82) is 0 Å². The van der Waals surface area contributed by atoms with Gasteiger partial charge in [0.2, 0.25) is 5.91 Å². The van der Waals surface area contributed by atoms with Crippen LogP contribution in [-0.4, -0.2) is 54.0 Å². The number of carbonyl (C=O) groups is 2. The summed E-state index contributed by atoms with van der Waals surface area (Å²) >= 11 is 0. The predicted octanol–water partition coefficient (Wildman–Crippen LogP) is 2.70. The van der Waals surface area contributed by atoms with Gasteiger partial charge in [0, 0.05) is 32.5 Å². The second-order valence-corrected chi connectivity index (χ2v) is 7.05. The fourth-order valence-corrected chi connectivity index (χ4v) is 2.67. The number of aliphatic hydroxyl groups is 1. The number of hydrogen-bond donors (Lipinski definition) is 4. The molecule has 0 aliphatic carbocycles. The van der Waals surface area contributed by atoms with Gasteiger partial charge in [-0.1, -0.05) is 56.2 Å². The number of methoxy groups -OCH3 is 1. The van der Waals surface area contributed by atoms with Crippen molar-refractivity contribution in [1.82, 2.24) is 5.32 Å². The maximum absolute atomic E-state index is 11.7. The molecule has 29 heavy (non-hydrogen) atoms. The molecular formula is C22H38N2O5. The summed E-state index contributed by atoms with van der Waals surface area (Å²) in [6.07, 6.45) is 16.2. The van der Waals surface area contributed by atoms with Crippen LogP contribution in [0.25, 0.3) is 0 Å². The van der Waals surface area contributed by atoms with Crippen LogP contribution in [0.1, 0.15) is 58.3 Å². The third-order valence-electron chi connectivity index (χ3n) is 4.26. The summed E-state index contributed by atoms with van der Waals surface area (Å²) in [6.45, 7) is 2.26. The first-order valence-electron chi connectivity index (χ1n) is 10.3. The van der Waals surface area contributed by atoms with Gasteiger partial charge in [0.15, 0.2) is 0 Å². The van der Waals surface area contributed by atoms with Crippen LogP contribution in [0.4, 0.5) is 0 Å². The molecule has 0 heterocycles. The van der Waals surface area contributed by atoms with Crippen LogP contribution in [0.5, 0.6) is 0 Å². The van der Waals surface area contributed by atoms with E-state index < -0.39 is 18.1 Å². The van der Waals surface area contributed by atoms with Crippen LogP contribution in [0.3, 0.4) is 0 Å². The van der Waals surface area contributed by atoms with E-state index in [1.165, 1.54) is 19.3 Å². The van der Waals surface area contributed by atoms with Crippen molar-refractivity contribution in [2.45, 2.75) is 76.5 Å². The Morgan fingerprint density at radius 1 is 1.14 bits per heavy atom. The molecule has 166 valence electrons. The molecule has 0 aromatic rings. The Kier molecular flexibility index (Phi) is 16.9. The van der Waals surface area contributed by atoms with Crippen molar-refractivity contribution >= 4 is 11.9 Å².